The van der Waals surface area contributed by atoms with Gasteiger partial charge >= 0.3 is 11.9 Å². The molecule has 0 unspecified atom stereocenters. The number of amides is 1. The molecular weight excluding hydrogens is 334 g/mol. The summed E-state index contributed by atoms with van der Waals surface area (Å²) in [4.78, 5) is 36.5. The van der Waals surface area contributed by atoms with E-state index in [2.05, 4.69) is 10.1 Å². The minimum Gasteiger partial charge on any atom is -0.467 e. The van der Waals surface area contributed by atoms with Gasteiger partial charge in [0.2, 0.25) is 0 Å². The van der Waals surface area contributed by atoms with Gasteiger partial charge in [0.05, 0.1) is 13.5 Å². The Morgan fingerprint density at radius 2 is 1.69 bits per heavy atom. The molecule has 6 heteroatoms. The van der Waals surface area contributed by atoms with Crippen LogP contribution in [0.25, 0.3) is 10.8 Å². The Hall–Kier alpha value is -2.89. The molecule has 0 aliphatic rings. The zero-order valence-corrected chi connectivity index (χ0v) is 15.4. The molecule has 0 saturated heterocycles. The Labute approximate surface area is 152 Å². The molecule has 0 saturated carbocycles. The number of hydrogen-bond acceptors (Lipinski definition) is 5. The smallest absolute Gasteiger partial charge is 0.328 e. The van der Waals surface area contributed by atoms with Gasteiger partial charge in [-0.1, -0.05) is 30.3 Å². The SMILES string of the molecule is COC(=O)[C@H](CC(=O)OC(C)(C)C)NC(=O)c1ccc2ccccc2c1. The van der Waals surface area contributed by atoms with Crippen LogP contribution in [0.4, 0.5) is 0 Å². The second-order valence-electron chi connectivity index (χ2n) is 6.90. The Balaban J connectivity index is 2.14. The van der Waals surface area contributed by atoms with Gasteiger partial charge in [-0.25, -0.2) is 4.79 Å². The maximum Gasteiger partial charge on any atom is 0.328 e. The second-order valence-corrected chi connectivity index (χ2v) is 6.90. The van der Waals surface area contributed by atoms with Crippen LogP contribution in [0.3, 0.4) is 0 Å². The molecule has 26 heavy (non-hydrogen) atoms. The van der Waals surface area contributed by atoms with Gasteiger partial charge in [0.15, 0.2) is 0 Å². The van der Waals surface area contributed by atoms with Crippen molar-refractivity contribution >= 4 is 28.6 Å². The third-order valence-corrected chi connectivity index (χ3v) is 3.59. The lowest BCUT2D eigenvalue weighted by Crippen LogP contribution is -2.43. The van der Waals surface area contributed by atoms with Crippen LogP contribution in [0.15, 0.2) is 42.5 Å². The monoisotopic (exact) mass is 357 g/mol. The predicted octanol–water partition coefficient (Wildman–Crippen LogP) is 2.84. The van der Waals surface area contributed by atoms with Crippen molar-refractivity contribution in [1.82, 2.24) is 5.32 Å². The summed E-state index contributed by atoms with van der Waals surface area (Å²) in [5, 5.41) is 4.46. The highest BCUT2D eigenvalue weighted by Gasteiger charge is 2.28. The van der Waals surface area contributed by atoms with Crippen molar-refractivity contribution in [3.8, 4) is 0 Å². The fourth-order valence-electron chi connectivity index (χ4n) is 2.46. The molecule has 0 bridgehead atoms. The molecular formula is C20H23NO5. The van der Waals surface area contributed by atoms with Gasteiger partial charge in [-0.2, -0.15) is 0 Å². The molecule has 0 spiro atoms. The Morgan fingerprint density at radius 3 is 2.31 bits per heavy atom. The summed E-state index contributed by atoms with van der Waals surface area (Å²) < 4.78 is 9.90. The number of carbonyl (C=O) groups excluding carboxylic acids is 3. The van der Waals surface area contributed by atoms with Crippen LogP contribution < -0.4 is 5.32 Å². The Bertz CT molecular complexity index is 822. The first-order chi connectivity index (χ1) is 12.2. The van der Waals surface area contributed by atoms with Gasteiger partial charge < -0.3 is 14.8 Å². The van der Waals surface area contributed by atoms with Crippen molar-refractivity contribution in [1.29, 1.82) is 0 Å². The summed E-state index contributed by atoms with van der Waals surface area (Å²) in [6, 6.07) is 11.7. The number of ether oxygens (including phenoxy) is 2. The maximum atomic E-state index is 12.5. The van der Waals surface area contributed by atoms with Gasteiger partial charge in [-0.15, -0.1) is 0 Å². The summed E-state index contributed by atoms with van der Waals surface area (Å²) in [6.07, 6.45) is -0.302. The third kappa shape index (κ3) is 5.31. The number of rotatable bonds is 5. The van der Waals surface area contributed by atoms with E-state index in [4.69, 9.17) is 4.74 Å². The largest absolute Gasteiger partial charge is 0.467 e. The van der Waals surface area contributed by atoms with Crippen molar-refractivity contribution in [2.24, 2.45) is 0 Å². The number of esters is 2. The molecule has 0 aromatic heterocycles. The van der Waals surface area contributed by atoms with E-state index in [0.29, 0.717) is 5.56 Å². The lowest BCUT2D eigenvalue weighted by molar-refractivity contribution is -0.158. The molecule has 1 atom stereocenters. The van der Waals surface area contributed by atoms with Crippen molar-refractivity contribution in [3.05, 3.63) is 48.0 Å². The number of methoxy groups -OCH3 is 1. The number of hydrogen-bond donors (Lipinski definition) is 1. The minimum absolute atomic E-state index is 0.302. The molecule has 138 valence electrons. The fraction of sp³-hybridized carbons (Fsp3) is 0.350. The average molecular weight is 357 g/mol. The zero-order chi connectivity index (χ0) is 19.3. The van der Waals surface area contributed by atoms with E-state index in [0.717, 1.165) is 10.8 Å². The van der Waals surface area contributed by atoms with Crippen molar-refractivity contribution in [2.75, 3.05) is 7.11 Å². The van der Waals surface area contributed by atoms with Crippen LogP contribution in [-0.4, -0.2) is 36.6 Å². The predicted molar refractivity (Wildman–Crippen MR) is 97.7 cm³/mol. The topological polar surface area (TPSA) is 81.7 Å². The summed E-state index contributed by atoms with van der Waals surface area (Å²) in [5.74, 6) is -1.76. The van der Waals surface area contributed by atoms with Gasteiger partial charge in [0.25, 0.3) is 5.91 Å². The van der Waals surface area contributed by atoms with Crippen molar-refractivity contribution in [3.63, 3.8) is 0 Å². The molecule has 6 nitrogen and oxygen atoms in total. The van der Waals surface area contributed by atoms with Gasteiger partial charge in [0, 0.05) is 5.56 Å². The summed E-state index contributed by atoms with van der Waals surface area (Å²) in [6.45, 7) is 5.18. The number of nitrogens with one attached hydrogen (secondary N) is 1. The number of benzene rings is 2. The van der Waals surface area contributed by atoms with E-state index in [-0.39, 0.29) is 6.42 Å². The first kappa shape index (κ1) is 19.4. The van der Waals surface area contributed by atoms with Crippen LogP contribution >= 0.6 is 0 Å². The lowest BCUT2D eigenvalue weighted by Gasteiger charge is -2.22. The fourth-order valence-corrected chi connectivity index (χ4v) is 2.46. The highest BCUT2D eigenvalue weighted by Crippen LogP contribution is 2.16. The standard InChI is InChI=1S/C20H23NO5/c1-20(2,3)26-17(22)12-16(19(24)25-4)21-18(23)15-10-9-13-7-5-6-8-14(13)11-15/h5-11,16H,12H2,1-4H3,(H,21,23)/t16-/m0/s1. The first-order valence-corrected chi connectivity index (χ1v) is 8.29. The van der Waals surface area contributed by atoms with Crippen LogP contribution in [0, 0.1) is 0 Å². The molecule has 2 aromatic rings. The van der Waals surface area contributed by atoms with Gasteiger partial charge in [-0.3, -0.25) is 9.59 Å². The van der Waals surface area contributed by atoms with Crippen LogP contribution in [0.1, 0.15) is 37.6 Å². The summed E-state index contributed by atoms with van der Waals surface area (Å²) >= 11 is 0. The quantitative estimate of drug-likeness (QED) is 0.832. The molecule has 0 radical (unpaired) electrons. The normalized spacial score (nSPS) is 12.3. The molecule has 0 heterocycles. The molecule has 0 fully saturated rings. The van der Waals surface area contributed by atoms with Crippen LogP contribution in [0.2, 0.25) is 0 Å². The maximum absolute atomic E-state index is 12.5. The average Bonchev–Trinajstić information content (AvgIpc) is 2.58. The number of carbonyl (C=O) groups is 3. The minimum atomic E-state index is -1.12. The molecule has 0 aliphatic carbocycles. The highest BCUT2D eigenvalue weighted by molar-refractivity contribution is 6.00. The van der Waals surface area contributed by atoms with Crippen LogP contribution in [-0.2, 0) is 19.1 Å². The van der Waals surface area contributed by atoms with E-state index in [1.54, 1.807) is 32.9 Å². The van der Waals surface area contributed by atoms with Gasteiger partial charge in [0.1, 0.15) is 11.6 Å². The van der Waals surface area contributed by atoms with E-state index < -0.39 is 29.5 Å². The third-order valence-electron chi connectivity index (χ3n) is 3.59. The molecule has 2 rings (SSSR count). The Morgan fingerprint density at radius 1 is 1.04 bits per heavy atom. The molecule has 0 aliphatic heterocycles. The molecule has 1 amide bonds. The van der Waals surface area contributed by atoms with Crippen LogP contribution in [0.5, 0.6) is 0 Å². The van der Waals surface area contributed by atoms with Crippen molar-refractivity contribution < 1.29 is 23.9 Å². The first-order valence-electron chi connectivity index (χ1n) is 8.29. The zero-order valence-electron chi connectivity index (χ0n) is 15.4. The summed E-state index contributed by atoms with van der Waals surface area (Å²) in [7, 11) is 1.20. The van der Waals surface area contributed by atoms with E-state index >= 15 is 0 Å². The highest BCUT2D eigenvalue weighted by atomic mass is 16.6. The van der Waals surface area contributed by atoms with E-state index in [1.165, 1.54) is 7.11 Å². The molecule has 2 aromatic carbocycles. The number of fused-ring (bicyclic) bond motifs is 1. The lowest BCUT2D eigenvalue weighted by atomic mass is 10.1. The van der Waals surface area contributed by atoms with Gasteiger partial charge in [-0.05, 0) is 43.7 Å². The summed E-state index contributed by atoms with van der Waals surface area (Å²) in [5.41, 5.74) is -0.290. The molecule has 1 N–H and O–H groups in total. The van der Waals surface area contributed by atoms with E-state index in [1.807, 2.05) is 30.3 Å². The second kappa shape index (κ2) is 7.99. The van der Waals surface area contributed by atoms with Crippen molar-refractivity contribution in [2.45, 2.75) is 38.8 Å². The Kier molecular flexibility index (Phi) is 5.97. The van der Waals surface area contributed by atoms with E-state index in [9.17, 15) is 14.4 Å².